The lowest BCUT2D eigenvalue weighted by Crippen LogP contribution is -2.45. The Bertz CT molecular complexity index is 1070. The van der Waals surface area contributed by atoms with Crippen LogP contribution in [0.1, 0.15) is 66.4 Å². The number of carbonyl (C=O) groups excluding carboxylic acids is 1. The summed E-state index contributed by atoms with van der Waals surface area (Å²) in [4.78, 5) is 21.6. The second kappa shape index (κ2) is 8.26. The van der Waals surface area contributed by atoms with Crippen molar-refractivity contribution < 1.29 is 14.3 Å². The topological polar surface area (TPSA) is 97.3 Å². The summed E-state index contributed by atoms with van der Waals surface area (Å²) in [7, 11) is 0. The molecule has 8 nitrogen and oxygen atoms in total. The van der Waals surface area contributed by atoms with E-state index in [4.69, 9.17) is 4.42 Å². The van der Waals surface area contributed by atoms with Crippen molar-refractivity contribution >= 4 is 5.91 Å². The molecule has 3 heterocycles. The fourth-order valence-electron chi connectivity index (χ4n) is 4.28. The normalized spacial score (nSPS) is 17.2. The number of aryl methyl sites for hydroxylation is 2. The average Bonchev–Trinajstić information content (AvgIpc) is 3.37. The molecule has 0 spiro atoms. The van der Waals surface area contributed by atoms with Crippen LogP contribution in [0.3, 0.4) is 0 Å². The summed E-state index contributed by atoms with van der Waals surface area (Å²) in [6.45, 7) is 7.85. The van der Waals surface area contributed by atoms with Crippen molar-refractivity contribution in [1.82, 2.24) is 24.9 Å². The molecular formula is C23H29N5O3. The van der Waals surface area contributed by atoms with E-state index in [-0.39, 0.29) is 11.9 Å². The third-order valence-corrected chi connectivity index (χ3v) is 5.74. The second-order valence-corrected chi connectivity index (χ2v) is 8.76. The van der Waals surface area contributed by atoms with E-state index in [0.29, 0.717) is 41.6 Å². The number of amides is 1. The summed E-state index contributed by atoms with van der Waals surface area (Å²) in [6, 6.07) is 5.72. The van der Waals surface area contributed by atoms with Crippen LogP contribution >= 0.6 is 0 Å². The van der Waals surface area contributed by atoms with Crippen molar-refractivity contribution in [2.45, 2.75) is 65.0 Å². The van der Waals surface area contributed by atoms with Gasteiger partial charge in [-0.2, -0.15) is 15.0 Å². The van der Waals surface area contributed by atoms with E-state index in [1.807, 2.05) is 36.9 Å². The number of nitrogens with zero attached hydrogens (tertiary/aromatic N) is 5. The molecule has 1 aliphatic heterocycles. The molecule has 31 heavy (non-hydrogen) atoms. The van der Waals surface area contributed by atoms with Crippen molar-refractivity contribution in [3.63, 3.8) is 0 Å². The van der Waals surface area contributed by atoms with Crippen LogP contribution in [0, 0.1) is 13.8 Å². The number of oxazole rings is 1. The number of benzene rings is 1. The Morgan fingerprint density at radius 1 is 1.23 bits per heavy atom. The maximum Gasteiger partial charge on any atom is 0.256 e. The Labute approximate surface area is 181 Å². The first-order valence-electron chi connectivity index (χ1n) is 10.7. The van der Waals surface area contributed by atoms with Crippen LogP contribution in [-0.2, 0) is 12.0 Å². The average molecular weight is 424 g/mol. The highest BCUT2D eigenvalue weighted by molar-refractivity contribution is 5.98. The number of likely N-dealkylation sites (tertiary alicyclic amines) is 1. The Morgan fingerprint density at radius 3 is 2.65 bits per heavy atom. The van der Waals surface area contributed by atoms with Crippen LogP contribution in [0.5, 0.6) is 0 Å². The Kier molecular flexibility index (Phi) is 5.66. The first kappa shape index (κ1) is 21.2. The fraction of sp³-hybridized carbons (Fsp3) is 0.478. The van der Waals surface area contributed by atoms with Crippen molar-refractivity contribution in [2.24, 2.45) is 0 Å². The van der Waals surface area contributed by atoms with Gasteiger partial charge in [-0.15, -0.1) is 0 Å². The quantitative estimate of drug-likeness (QED) is 0.676. The lowest BCUT2D eigenvalue weighted by molar-refractivity contribution is 0.0603. The number of piperidine rings is 1. The molecule has 2 aromatic heterocycles. The Hall–Kier alpha value is -3.00. The molecule has 0 aliphatic carbocycles. The predicted molar refractivity (Wildman–Crippen MR) is 115 cm³/mol. The van der Waals surface area contributed by atoms with Gasteiger partial charge >= 0.3 is 0 Å². The number of rotatable bonds is 5. The molecule has 3 aromatic rings. The van der Waals surface area contributed by atoms with Gasteiger partial charge in [0.25, 0.3) is 5.91 Å². The molecule has 164 valence electrons. The standard InChI is InChI=1S/C23H29N5O3/c1-15-8-9-19(28-24-10-11-25-28)18(13-15)22(29)27-12-6-5-7-17(27)14-20-26-21(16(2)31-20)23(3,4)30/h8-11,13,17,30H,5-7,12,14H2,1-4H3. The summed E-state index contributed by atoms with van der Waals surface area (Å²) in [5.41, 5.74) is 1.74. The van der Waals surface area contributed by atoms with E-state index in [9.17, 15) is 9.90 Å². The second-order valence-electron chi connectivity index (χ2n) is 8.76. The minimum atomic E-state index is -1.07. The van der Waals surface area contributed by atoms with Gasteiger partial charge in [0.05, 0.1) is 23.6 Å². The van der Waals surface area contributed by atoms with Crippen LogP contribution in [0.25, 0.3) is 5.69 Å². The largest absolute Gasteiger partial charge is 0.446 e. The first-order chi connectivity index (χ1) is 14.7. The minimum Gasteiger partial charge on any atom is -0.446 e. The van der Waals surface area contributed by atoms with Crippen molar-refractivity contribution in [2.75, 3.05) is 6.54 Å². The number of hydrogen-bond donors (Lipinski definition) is 1. The first-order valence-corrected chi connectivity index (χ1v) is 10.7. The summed E-state index contributed by atoms with van der Waals surface area (Å²) in [6.07, 6.45) is 6.61. The third-order valence-electron chi connectivity index (χ3n) is 5.74. The molecule has 1 N–H and O–H groups in total. The van der Waals surface area contributed by atoms with Gasteiger partial charge in [0, 0.05) is 19.0 Å². The SMILES string of the molecule is Cc1ccc(-n2nccn2)c(C(=O)N2CCCCC2Cc2nc(C(C)(C)O)c(C)o2)c1. The van der Waals surface area contributed by atoms with E-state index in [0.717, 1.165) is 24.8 Å². The zero-order valence-corrected chi connectivity index (χ0v) is 18.5. The predicted octanol–water partition coefficient (Wildman–Crippen LogP) is 3.34. The number of hydrogen-bond acceptors (Lipinski definition) is 6. The molecule has 1 fully saturated rings. The van der Waals surface area contributed by atoms with Crippen LogP contribution in [-0.4, -0.2) is 48.5 Å². The monoisotopic (exact) mass is 423 g/mol. The molecule has 4 rings (SSSR count). The van der Waals surface area contributed by atoms with Gasteiger partial charge in [-0.3, -0.25) is 4.79 Å². The fourth-order valence-corrected chi connectivity index (χ4v) is 4.28. The molecular weight excluding hydrogens is 394 g/mol. The van der Waals surface area contributed by atoms with Gasteiger partial charge in [0.15, 0.2) is 5.89 Å². The molecule has 8 heteroatoms. The number of aromatic nitrogens is 4. The molecule has 1 aliphatic rings. The van der Waals surface area contributed by atoms with Crippen LogP contribution < -0.4 is 0 Å². The van der Waals surface area contributed by atoms with Gasteiger partial charge in [-0.25, -0.2) is 4.98 Å². The zero-order valence-electron chi connectivity index (χ0n) is 18.5. The third kappa shape index (κ3) is 4.39. The van der Waals surface area contributed by atoms with Crippen LogP contribution in [0.4, 0.5) is 0 Å². The Balaban J connectivity index is 1.63. The summed E-state index contributed by atoms with van der Waals surface area (Å²) < 4.78 is 5.85. The van der Waals surface area contributed by atoms with Gasteiger partial charge in [0.2, 0.25) is 0 Å². The maximum atomic E-state index is 13.7. The van der Waals surface area contributed by atoms with E-state index >= 15 is 0 Å². The summed E-state index contributed by atoms with van der Waals surface area (Å²) >= 11 is 0. The molecule has 1 amide bonds. The minimum absolute atomic E-state index is 0.0205. The zero-order chi connectivity index (χ0) is 22.2. The van der Waals surface area contributed by atoms with E-state index in [1.165, 1.54) is 4.80 Å². The van der Waals surface area contributed by atoms with E-state index in [1.54, 1.807) is 26.2 Å². The van der Waals surface area contributed by atoms with Crippen molar-refractivity contribution in [3.8, 4) is 5.69 Å². The van der Waals surface area contributed by atoms with Gasteiger partial charge in [0.1, 0.15) is 17.1 Å². The van der Waals surface area contributed by atoms with Gasteiger partial charge in [-0.05, 0) is 59.1 Å². The molecule has 0 bridgehead atoms. The highest BCUT2D eigenvalue weighted by Crippen LogP contribution is 2.28. The Morgan fingerprint density at radius 2 is 1.97 bits per heavy atom. The maximum absolute atomic E-state index is 13.7. The van der Waals surface area contributed by atoms with Crippen LogP contribution in [0.2, 0.25) is 0 Å². The summed E-state index contributed by atoms with van der Waals surface area (Å²) in [5, 5.41) is 18.7. The molecule has 1 saturated heterocycles. The van der Waals surface area contributed by atoms with E-state index in [2.05, 4.69) is 15.2 Å². The lowest BCUT2D eigenvalue weighted by atomic mass is 9.97. The summed E-state index contributed by atoms with van der Waals surface area (Å²) in [5.74, 6) is 1.13. The van der Waals surface area contributed by atoms with Crippen LogP contribution in [0.15, 0.2) is 35.0 Å². The van der Waals surface area contributed by atoms with Crippen molar-refractivity contribution in [3.05, 3.63) is 59.1 Å². The van der Waals surface area contributed by atoms with Crippen molar-refractivity contribution in [1.29, 1.82) is 0 Å². The smallest absolute Gasteiger partial charge is 0.256 e. The molecule has 1 atom stereocenters. The molecule has 1 aromatic carbocycles. The van der Waals surface area contributed by atoms with E-state index < -0.39 is 5.60 Å². The highest BCUT2D eigenvalue weighted by Gasteiger charge is 2.32. The highest BCUT2D eigenvalue weighted by atomic mass is 16.4. The molecule has 1 unspecified atom stereocenters. The van der Waals surface area contributed by atoms with Gasteiger partial charge in [-0.1, -0.05) is 11.6 Å². The molecule has 0 radical (unpaired) electrons. The molecule has 0 saturated carbocycles. The lowest BCUT2D eigenvalue weighted by Gasteiger charge is -2.35. The number of carbonyl (C=O) groups is 1. The number of aliphatic hydroxyl groups is 1. The van der Waals surface area contributed by atoms with Gasteiger partial charge < -0.3 is 14.4 Å².